The Morgan fingerprint density at radius 2 is 1.80 bits per heavy atom. The maximum absolute atomic E-state index is 12.8. The van der Waals surface area contributed by atoms with E-state index in [0.717, 1.165) is 28.0 Å². The lowest BCUT2D eigenvalue weighted by molar-refractivity contribution is 0.0341. The first-order valence-corrected chi connectivity index (χ1v) is 8.38. The van der Waals surface area contributed by atoms with Gasteiger partial charge in [-0.2, -0.15) is 0 Å². The van der Waals surface area contributed by atoms with Gasteiger partial charge >= 0.3 is 6.09 Å². The molecule has 25 heavy (non-hydrogen) atoms. The van der Waals surface area contributed by atoms with E-state index in [4.69, 9.17) is 4.74 Å². The molecule has 0 atom stereocenters. The first kappa shape index (κ1) is 17.2. The maximum Gasteiger partial charge on any atom is 0.415 e. The molecule has 0 saturated heterocycles. The van der Waals surface area contributed by atoms with Crippen LogP contribution in [0.5, 0.6) is 0 Å². The van der Waals surface area contributed by atoms with Crippen LogP contribution in [0, 0.1) is 0 Å². The van der Waals surface area contributed by atoms with Crippen molar-refractivity contribution in [2.45, 2.75) is 39.5 Å². The lowest BCUT2D eigenvalue weighted by Gasteiger charge is -2.32. The summed E-state index contributed by atoms with van der Waals surface area (Å²) in [5.74, 6) is 0. The van der Waals surface area contributed by atoms with Gasteiger partial charge in [0.2, 0.25) is 0 Å². The molecule has 130 valence electrons. The van der Waals surface area contributed by atoms with Gasteiger partial charge < -0.3 is 9.84 Å². The molecular weight excluding hydrogens is 314 g/mol. The molecule has 0 saturated carbocycles. The Kier molecular flexibility index (Phi) is 4.64. The monoisotopic (exact) mass is 337 g/mol. The number of hydrogen-bond acceptors (Lipinski definition) is 3. The van der Waals surface area contributed by atoms with E-state index in [2.05, 4.69) is 0 Å². The zero-order valence-electron chi connectivity index (χ0n) is 14.8. The van der Waals surface area contributed by atoms with Gasteiger partial charge in [-0.05, 0) is 49.1 Å². The summed E-state index contributed by atoms with van der Waals surface area (Å²) in [7, 11) is 0. The van der Waals surface area contributed by atoms with Crippen LogP contribution in [0.2, 0.25) is 0 Å². The van der Waals surface area contributed by atoms with Crippen molar-refractivity contribution in [1.82, 2.24) is 4.90 Å². The second-order valence-electron chi connectivity index (χ2n) is 7.15. The first-order valence-electron chi connectivity index (χ1n) is 8.38. The molecule has 0 fully saturated rings. The van der Waals surface area contributed by atoms with Gasteiger partial charge in [-0.25, -0.2) is 4.79 Å². The Labute approximate surface area is 148 Å². The summed E-state index contributed by atoms with van der Waals surface area (Å²) in [6, 6.07) is 15.6. The summed E-state index contributed by atoms with van der Waals surface area (Å²) in [5, 5.41) is 9.24. The summed E-state index contributed by atoms with van der Waals surface area (Å²) in [6.45, 7) is 6.06. The fourth-order valence-corrected chi connectivity index (χ4v) is 2.80. The standard InChI is InChI=1S/C21H23NO3/c1-21(2,3)25-20(24)22-13-18-7-5-4-6-17(18)12-19(22)16-10-8-15(14-23)9-11-16/h4-12,23H,13-14H2,1-3H3. The van der Waals surface area contributed by atoms with Crippen molar-refractivity contribution in [3.63, 3.8) is 0 Å². The van der Waals surface area contributed by atoms with Crippen LogP contribution in [-0.4, -0.2) is 21.7 Å². The van der Waals surface area contributed by atoms with Crippen molar-refractivity contribution in [2.75, 3.05) is 0 Å². The van der Waals surface area contributed by atoms with Crippen molar-refractivity contribution >= 4 is 17.9 Å². The number of aliphatic hydroxyl groups excluding tert-OH is 1. The SMILES string of the molecule is CC(C)(C)OC(=O)N1Cc2ccccc2C=C1c1ccc(CO)cc1. The largest absolute Gasteiger partial charge is 0.443 e. The van der Waals surface area contributed by atoms with Crippen molar-refractivity contribution in [3.05, 3.63) is 70.8 Å². The molecule has 2 aromatic rings. The highest BCUT2D eigenvalue weighted by Gasteiger charge is 2.28. The summed E-state index contributed by atoms with van der Waals surface area (Å²) in [4.78, 5) is 14.4. The minimum absolute atomic E-state index is 0.00204. The summed E-state index contributed by atoms with van der Waals surface area (Å²) < 4.78 is 5.60. The smallest absolute Gasteiger partial charge is 0.415 e. The Hall–Kier alpha value is -2.59. The summed E-state index contributed by atoms with van der Waals surface area (Å²) in [6.07, 6.45) is 1.65. The van der Waals surface area contributed by atoms with E-state index >= 15 is 0 Å². The molecule has 0 unspecified atom stereocenters. The van der Waals surface area contributed by atoms with Gasteiger partial charge in [-0.1, -0.05) is 48.5 Å². The average molecular weight is 337 g/mol. The molecule has 3 rings (SSSR count). The fraction of sp³-hybridized carbons (Fsp3) is 0.286. The molecule has 1 amide bonds. The fourth-order valence-electron chi connectivity index (χ4n) is 2.80. The number of ether oxygens (including phenoxy) is 1. The minimum atomic E-state index is -0.556. The summed E-state index contributed by atoms with van der Waals surface area (Å²) >= 11 is 0. The topological polar surface area (TPSA) is 49.8 Å². The van der Waals surface area contributed by atoms with Crippen LogP contribution in [0.4, 0.5) is 4.79 Å². The molecule has 0 spiro atoms. The lowest BCUT2D eigenvalue weighted by atomic mass is 9.98. The third kappa shape index (κ3) is 3.91. The van der Waals surface area contributed by atoms with E-state index in [9.17, 15) is 9.90 Å². The van der Waals surface area contributed by atoms with Crippen molar-refractivity contribution in [1.29, 1.82) is 0 Å². The van der Waals surface area contributed by atoms with Gasteiger partial charge in [0.05, 0.1) is 18.8 Å². The van der Waals surface area contributed by atoms with Crippen LogP contribution >= 0.6 is 0 Å². The third-order valence-corrected chi connectivity index (χ3v) is 4.01. The van der Waals surface area contributed by atoms with E-state index in [-0.39, 0.29) is 12.7 Å². The molecule has 0 bridgehead atoms. The number of rotatable bonds is 2. The molecule has 4 heteroatoms. The van der Waals surface area contributed by atoms with Crippen LogP contribution in [0.1, 0.15) is 43.0 Å². The Balaban J connectivity index is 2.02. The molecule has 0 aliphatic carbocycles. The van der Waals surface area contributed by atoms with Gasteiger partial charge in [0.25, 0.3) is 0 Å². The molecule has 1 heterocycles. The number of benzene rings is 2. The molecule has 1 aliphatic heterocycles. The van der Waals surface area contributed by atoms with E-state index in [1.165, 1.54) is 0 Å². The number of nitrogens with zero attached hydrogens (tertiary/aromatic N) is 1. The number of aliphatic hydroxyl groups is 1. The van der Waals surface area contributed by atoms with Crippen LogP contribution in [0.15, 0.2) is 48.5 Å². The van der Waals surface area contributed by atoms with E-state index < -0.39 is 5.60 Å². The molecule has 1 N–H and O–H groups in total. The Morgan fingerprint density at radius 3 is 2.44 bits per heavy atom. The highest BCUT2D eigenvalue weighted by atomic mass is 16.6. The van der Waals surface area contributed by atoms with Crippen LogP contribution in [0.3, 0.4) is 0 Å². The Bertz CT molecular complexity index is 801. The zero-order chi connectivity index (χ0) is 18.0. The molecule has 4 nitrogen and oxygen atoms in total. The predicted octanol–water partition coefficient (Wildman–Crippen LogP) is 4.43. The van der Waals surface area contributed by atoms with E-state index in [1.54, 1.807) is 4.90 Å². The Morgan fingerprint density at radius 1 is 1.12 bits per heavy atom. The number of carbonyl (C=O) groups is 1. The number of fused-ring (bicyclic) bond motifs is 1. The van der Waals surface area contributed by atoms with Gasteiger partial charge in [-0.15, -0.1) is 0 Å². The van der Waals surface area contributed by atoms with Crippen molar-refractivity contribution in [2.24, 2.45) is 0 Å². The molecule has 0 aromatic heterocycles. The van der Waals surface area contributed by atoms with Crippen LogP contribution in [0.25, 0.3) is 11.8 Å². The minimum Gasteiger partial charge on any atom is -0.443 e. The average Bonchev–Trinajstić information content (AvgIpc) is 2.59. The van der Waals surface area contributed by atoms with Crippen LogP contribution < -0.4 is 0 Å². The van der Waals surface area contributed by atoms with Gasteiger partial charge in [-0.3, -0.25) is 4.90 Å². The predicted molar refractivity (Wildman–Crippen MR) is 98.5 cm³/mol. The van der Waals surface area contributed by atoms with E-state index in [0.29, 0.717) is 6.54 Å². The number of amides is 1. The van der Waals surface area contributed by atoms with Gasteiger partial charge in [0, 0.05) is 0 Å². The maximum atomic E-state index is 12.8. The van der Waals surface area contributed by atoms with Crippen LogP contribution in [-0.2, 0) is 17.9 Å². The van der Waals surface area contributed by atoms with Crippen molar-refractivity contribution < 1.29 is 14.6 Å². The number of carbonyl (C=O) groups excluding carboxylic acids is 1. The lowest BCUT2D eigenvalue weighted by Crippen LogP contribution is -2.36. The summed E-state index contributed by atoms with van der Waals surface area (Å²) in [5.41, 5.74) is 4.19. The second-order valence-corrected chi connectivity index (χ2v) is 7.15. The van der Waals surface area contributed by atoms with Gasteiger partial charge in [0.15, 0.2) is 0 Å². The molecule has 2 aromatic carbocycles. The molecular formula is C21H23NO3. The zero-order valence-corrected chi connectivity index (χ0v) is 14.8. The van der Waals surface area contributed by atoms with Crippen molar-refractivity contribution in [3.8, 4) is 0 Å². The normalized spacial score (nSPS) is 13.9. The quantitative estimate of drug-likeness (QED) is 0.882. The third-order valence-electron chi connectivity index (χ3n) is 4.01. The van der Waals surface area contributed by atoms with Gasteiger partial charge in [0.1, 0.15) is 5.60 Å². The van der Waals surface area contributed by atoms with E-state index in [1.807, 2.05) is 75.4 Å². The highest BCUT2D eigenvalue weighted by molar-refractivity contribution is 5.92. The highest BCUT2D eigenvalue weighted by Crippen LogP contribution is 2.32. The number of hydrogen-bond donors (Lipinski definition) is 1. The first-order chi connectivity index (χ1) is 11.9. The molecule has 0 radical (unpaired) electrons. The molecule has 1 aliphatic rings. The second kappa shape index (κ2) is 6.73.